The maximum atomic E-state index is 15.1. The fourth-order valence-electron chi connectivity index (χ4n) is 4.33. The number of pyridine rings is 2. The Labute approximate surface area is 228 Å². The second kappa shape index (κ2) is 11.0. The Kier molecular flexibility index (Phi) is 7.33. The number of hydrogen-bond acceptors (Lipinski definition) is 5. The maximum Gasteiger partial charge on any atom is 0.259 e. The number of benzene rings is 2. The topological polar surface area (TPSA) is 104 Å². The van der Waals surface area contributed by atoms with Crippen molar-refractivity contribution in [2.75, 3.05) is 10.6 Å². The normalized spacial score (nSPS) is 14.8. The van der Waals surface area contributed by atoms with Crippen LogP contribution in [0.1, 0.15) is 37.5 Å². The summed E-state index contributed by atoms with van der Waals surface area (Å²) < 4.78 is 15.1. The number of amides is 3. The van der Waals surface area contributed by atoms with Gasteiger partial charge in [-0.2, -0.15) is 0 Å². The first-order valence-electron chi connectivity index (χ1n) is 12.1. The molecule has 0 unspecified atom stereocenters. The second-order valence-corrected chi connectivity index (χ2v) is 9.58. The van der Waals surface area contributed by atoms with Crippen molar-refractivity contribution in [3.05, 3.63) is 118 Å². The van der Waals surface area contributed by atoms with Gasteiger partial charge in [0, 0.05) is 36.1 Å². The van der Waals surface area contributed by atoms with Gasteiger partial charge in [0.2, 0.25) is 5.91 Å². The third kappa shape index (κ3) is 5.78. The SMILES string of the molecule is Cc1ccc(NC(=O)c2ccc(CN3C(=O)c4ccc(Cl)cc4NC(=O)[C@H]3Cc3ccccn3)cc2F)nc1. The molecular weight excluding hydrogens is 521 g/mol. The zero-order valence-corrected chi connectivity index (χ0v) is 21.6. The van der Waals surface area contributed by atoms with Gasteiger partial charge in [0.15, 0.2) is 0 Å². The van der Waals surface area contributed by atoms with Crippen molar-refractivity contribution in [2.45, 2.75) is 25.9 Å². The smallest absolute Gasteiger partial charge is 0.259 e. The summed E-state index contributed by atoms with van der Waals surface area (Å²) in [6, 6.07) is 16.5. The quantitative estimate of drug-likeness (QED) is 0.355. The monoisotopic (exact) mass is 543 g/mol. The summed E-state index contributed by atoms with van der Waals surface area (Å²) in [4.78, 5) is 49.5. The molecule has 0 saturated carbocycles. The number of fused-ring (bicyclic) bond motifs is 1. The molecule has 8 nitrogen and oxygen atoms in total. The van der Waals surface area contributed by atoms with Crippen LogP contribution in [0, 0.1) is 12.7 Å². The second-order valence-electron chi connectivity index (χ2n) is 9.14. The average Bonchev–Trinajstić information content (AvgIpc) is 3.00. The minimum absolute atomic E-state index is 0.0792. The van der Waals surface area contributed by atoms with Gasteiger partial charge in [0.25, 0.3) is 11.8 Å². The lowest BCUT2D eigenvalue weighted by atomic mass is 10.0. The molecule has 2 aromatic heterocycles. The summed E-state index contributed by atoms with van der Waals surface area (Å²) in [7, 11) is 0. The molecule has 196 valence electrons. The van der Waals surface area contributed by atoms with Crippen LogP contribution in [0.5, 0.6) is 0 Å². The molecular formula is C29H23ClFN5O3. The van der Waals surface area contributed by atoms with E-state index in [1.807, 2.05) is 6.92 Å². The Hall–Kier alpha value is -4.63. The van der Waals surface area contributed by atoms with E-state index in [2.05, 4.69) is 20.6 Å². The van der Waals surface area contributed by atoms with E-state index in [0.717, 1.165) is 5.56 Å². The summed E-state index contributed by atoms with van der Waals surface area (Å²) in [6.07, 6.45) is 3.35. The molecule has 1 aliphatic heterocycles. The molecule has 3 heterocycles. The number of nitrogens with zero attached hydrogens (tertiary/aromatic N) is 3. The highest BCUT2D eigenvalue weighted by molar-refractivity contribution is 6.31. The number of carbonyl (C=O) groups is 3. The highest BCUT2D eigenvalue weighted by atomic mass is 35.5. The van der Waals surface area contributed by atoms with Crippen molar-refractivity contribution >= 4 is 40.8 Å². The fourth-order valence-corrected chi connectivity index (χ4v) is 4.50. The molecule has 0 bridgehead atoms. The fraction of sp³-hybridized carbons (Fsp3) is 0.138. The molecule has 10 heteroatoms. The molecule has 1 aliphatic rings. The number of aryl methyl sites for hydroxylation is 1. The molecule has 0 aliphatic carbocycles. The Morgan fingerprint density at radius 2 is 1.92 bits per heavy atom. The number of halogens is 2. The van der Waals surface area contributed by atoms with E-state index in [-0.39, 0.29) is 24.1 Å². The van der Waals surface area contributed by atoms with Gasteiger partial charge in [0.05, 0.1) is 16.8 Å². The third-order valence-electron chi connectivity index (χ3n) is 6.32. The first kappa shape index (κ1) is 26.0. The standard InChI is InChI=1S/C29H23ClFN5O3/c1-17-5-10-26(33-15-17)35-27(37)21-8-6-18(12-23(21)31)16-36-25(14-20-4-2-3-11-32-20)28(38)34-24-13-19(30)7-9-22(24)29(36)39/h2-13,15,25H,14,16H2,1H3,(H,34,38)(H,33,35,37)/t25-/m1/s1. The first-order chi connectivity index (χ1) is 18.8. The molecule has 4 aromatic rings. The van der Waals surface area contributed by atoms with Crippen molar-refractivity contribution in [2.24, 2.45) is 0 Å². The molecule has 0 spiro atoms. The molecule has 2 N–H and O–H groups in total. The number of aromatic nitrogens is 2. The predicted octanol–water partition coefficient (Wildman–Crippen LogP) is 5.04. The van der Waals surface area contributed by atoms with Crippen LogP contribution in [0.25, 0.3) is 0 Å². The van der Waals surface area contributed by atoms with Crippen LogP contribution in [-0.4, -0.2) is 38.6 Å². The van der Waals surface area contributed by atoms with Gasteiger partial charge in [0.1, 0.15) is 17.7 Å². The van der Waals surface area contributed by atoms with E-state index in [4.69, 9.17) is 11.6 Å². The molecule has 0 fully saturated rings. The van der Waals surface area contributed by atoms with Crippen LogP contribution in [0.3, 0.4) is 0 Å². The lowest BCUT2D eigenvalue weighted by molar-refractivity contribution is -0.120. The number of hydrogen-bond donors (Lipinski definition) is 2. The van der Waals surface area contributed by atoms with Gasteiger partial charge in [-0.05, 0) is 66.6 Å². The first-order valence-corrected chi connectivity index (χ1v) is 12.5. The van der Waals surface area contributed by atoms with Gasteiger partial charge < -0.3 is 15.5 Å². The number of nitrogens with one attached hydrogen (secondary N) is 2. The summed E-state index contributed by atoms with van der Waals surface area (Å²) in [6.45, 7) is 1.79. The van der Waals surface area contributed by atoms with Gasteiger partial charge in [-0.3, -0.25) is 19.4 Å². The molecule has 0 radical (unpaired) electrons. The van der Waals surface area contributed by atoms with Crippen LogP contribution >= 0.6 is 11.6 Å². The molecule has 2 aromatic carbocycles. The molecule has 1 atom stereocenters. The van der Waals surface area contributed by atoms with Crippen molar-refractivity contribution < 1.29 is 18.8 Å². The van der Waals surface area contributed by atoms with E-state index in [1.54, 1.807) is 60.9 Å². The van der Waals surface area contributed by atoms with Crippen LogP contribution in [0.4, 0.5) is 15.9 Å². The summed E-state index contributed by atoms with van der Waals surface area (Å²) in [5, 5.41) is 5.74. The van der Waals surface area contributed by atoms with E-state index in [9.17, 15) is 14.4 Å². The molecule has 3 amide bonds. The highest BCUT2D eigenvalue weighted by Crippen LogP contribution is 2.29. The lowest BCUT2D eigenvalue weighted by Crippen LogP contribution is -2.46. The maximum absolute atomic E-state index is 15.1. The number of rotatable bonds is 6. The van der Waals surface area contributed by atoms with Gasteiger partial charge in [-0.25, -0.2) is 9.37 Å². The Balaban J connectivity index is 1.44. The summed E-state index contributed by atoms with van der Waals surface area (Å²) in [5.41, 5.74) is 2.33. The summed E-state index contributed by atoms with van der Waals surface area (Å²) in [5.74, 6) is -1.96. The van der Waals surface area contributed by atoms with Gasteiger partial charge >= 0.3 is 0 Å². The van der Waals surface area contributed by atoms with Gasteiger partial charge in [-0.15, -0.1) is 0 Å². The Bertz CT molecular complexity index is 1560. The molecule has 39 heavy (non-hydrogen) atoms. The summed E-state index contributed by atoms with van der Waals surface area (Å²) >= 11 is 6.11. The van der Waals surface area contributed by atoms with Crippen LogP contribution in [0.15, 0.2) is 79.1 Å². The zero-order valence-electron chi connectivity index (χ0n) is 20.8. The van der Waals surface area contributed by atoms with Crippen molar-refractivity contribution in [1.29, 1.82) is 0 Å². The molecule has 0 saturated heterocycles. The predicted molar refractivity (Wildman–Crippen MR) is 145 cm³/mol. The lowest BCUT2D eigenvalue weighted by Gasteiger charge is -2.29. The van der Waals surface area contributed by atoms with Crippen LogP contribution < -0.4 is 10.6 Å². The third-order valence-corrected chi connectivity index (χ3v) is 6.56. The highest BCUT2D eigenvalue weighted by Gasteiger charge is 2.36. The van der Waals surface area contributed by atoms with Crippen LogP contribution in [0.2, 0.25) is 5.02 Å². The van der Waals surface area contributed by atoms with Gasteiger partial charge in [-0.1, -0.05) is 29.8 Å². The Morgan fingerprint density at radius 1 is 1.08 bits per heavy atom. The Morgan fingerprint density at radius 3 is 2.64 bits per heavy atom. The molecule has 5 rings (SSSR count). The minimum atomic E-state index is -0.933. The van der Waals surface area contributed by atoms with E-state index >= 15 is 4.39 Å². The van der Waals surface area contributed by atoms with Crippen molar-refractivity contribution in [3.8, 4) is 0 Å². The van der Waals surface area contributed by atoms with Crippen molar-refractivity contribution in [3.63, 3.8) is 0 Å². The van der Waals surface area contributed by atoms with Crippen molar-refractivity contribution in [1.82, 2.24) is 14.9 Å². The number of carbonyl (C=O) groups excluding carboxylic acids is 3. The van der Waals surface area contributed by atoms with E-state index in [0.29, 0.717) is 27.8 Å². The van der Waals surface area contributed by atoms with Crippen LogP contribution in [-0.2, 0) is 17.8 Å². The zero-order chi connectivity index (χ0) is 27.5. The largest absolute Gasteiger partial charge is 0.323 e. The van der Waals surface area contributed by atoms with E-state index in [1.165, 1.54) is 23.1 Å². The minimum Gasteiger partial charge on any atom is -0.323 e. The average molecular weight is 544 g/mol. The number of anilines is 2. The van der Waals surface area contributed by atoms with E-state index < -0.39 is 29.6 Å².